The highest BCUT2D eigenvalue weighted by atomic mass is 19.1. The molecular formula is C30H40FN3O4. The van der Waals surface area contributed by atoms with Gasteiger partial charge in [-0.15, -0.1) is 0 Å². The number of nitrogens with one attached hydrogen (secondary N) is 2. The Balaban J connectivity index is 1.31. The largest absolute Gasteiger partial charge is 0.471 e. The van der Waals surface area contributed by atoms with Crippen molar-refractivity contribution in [1.82, 2.24) is 15.6 Å². The zero-order valence-corrected chi connectivity index (χ0v) is 22.6. The third kappa shape index (κ3) is 6.35. The standard InChI is InChI=1S/C30H40FN3O4/c1-29(2,3)15-20-13-22-24(16-30(10-4-11-30)38-28(22)33-17-20)32-18-25(35)23(34-27(36)26-9-12-37-26)14-19-5-7-21(31)8-6-19/h5-8,13,17,23-26,32,35H,4,9-12,14-16,18H2,1-3H3,(H,34,36)/t23-,24-,25+,26?/m0/s1. The average Bonchev–Trinajstić information content (AvgIpc) is 2.80. The minimum absolute atomic E-state index is 0.0155. The molecule has 5 rings (SSSR count). The molecule has 1 spiro atoms. The highest BCUT2D eigenvalue weighted by Gasteiger charge is 2.46. The minimum Gasteiger partial charge on any atom is -0.471 e. The van der Waals surface area contributed by atoms with Crippen LogP contribution in [0.3, 0.4) is 0 Å². The lowest BCUT2D eigenvalue weighted by Gasteiger charge is -2.47. The summed E-state index contributed by atoms with van der Waals surface area (Å²) in [6.07, 6.45) is 6.51. The Kier molecular flexibility index (Phi) is 7.76. The first-order valence-electron chi connectivity index (χ1n) is 13.8. The molecule has 1 unspecified atom stereocenters. The molecule has 1 aliphatic carbocycles. The van der Waals surface area contributed by atoms with Gasteiger partial charge < -0.3 is 25.2 Å². The lowest BCUT2D eigenvalue weighted by Crippen LogP contribution is -2.54. The van der Waals surface area contributed by atoms with Crippen molar-refractivity contribution in [1.29, 1.82) is 0 Å². The van der Waals surface area contributed by atoms with Crippen molar-refractivity contribution in [2.45, 2.75) is 95.6 Å². The maximum absolute atomic E-state index is 13.5. The van der Waals surface area contributed by atoms with Gasteiger partial charge in [0.05, 0.1) is 18.8 Å². The second kappa shape index (κ2) is 10.9. The summed E-state index contributed by atoms with van der Waals surface area (Å²) in [5.74, 6) is 0.143. The molecule has 3 heterocycles. The molecule has 206 valence electrons. The van der Waals surface area contributed by atoms with Crippen LogP contribution < -0.4 is 15.4 Å². The Morgan fingerprint density at radius 3 is 2.58 bits per heavy atom. The van der Waals surface area contributed by atoms with Crippen LogP contribution in [0.25, 0.3) is 0 Å². The van der Waals surface area contributed by atoms with E-state index in [1.54, 1.807) is 12.1 Å². The maximum Gasteiger partial charge on any atom is 0.249 e. The lowest BCUT2D eigenvalue weighted by molar-refractivity contribution is -0.146. The average molecular weight is 526 g/mol. The summed E-state index contributed by atoms with van der Waals surface area (Å²) in [6.45, 7) is 7.48. The molecule has 8 heteroatoms. The van der Waals surface area contributed by atoms with Crippen LogP contribution in [0.15, 0.2) is 36.5 Å². The van der Waals surface area contributed by atoms with E-state index in [0.717, 1.165) is 43.2 Å². The third-order valence-corrected chi connectivity index (χ3v) is 7.93. The molecule has 2 aromatic rings. The Hall–Kier alpha value is -2.55. The maximum atomic E-state index is 13.5. The van der Waals surface area contributed by atoms with Crippen LogP contribution in [0, 0.1) is 11.2 Å². The summed E-state index contributed by atoms with van der Waals surface area (Å²) >= 11 is 0. The fourth-order valence-electron chi connectivity index (χ4n) is 5.63. The smallest absolute Gasteiger partial charge is 0.249 e. The number of carbonyl (C=O) groups is 1. The second-order valence-electron chi connectivity index (χ2n) is 12.4. The summed E-state index contributed by atoms with van der Waals surface area (Å²) in [5.41, 5.74) is 2.97. The van der Waals surface area contributed by atoms with Crippen LogP contribution in [-0.2, 0) is 22.4 Å². The minimum atomic E-state index is -0.863. The van der Waals surface area contributed by atoms with Crippen molar-refractivity contribution in [3.63, 3.8) is 0 Å². The molecule has 2 aliphatic heterocycles. The molecule has 2 fully saturated rings. The number of hydrogen-bond donors (Lipinski definition) is 3. The molecule has 3 aliphatic rings. The predicted octanol–water partition coefficient (Wildman–Crippen LogP) is 4.02. The van der Waals surface area contributed by atoms with Crippen LogP contribution in [-0.4, -0.2) is 53.0 Å². The zero-order valence-electron chi connectivity index (χ0n) is 22.6. The number of aromatic nitrogens is 1. The van der Waals surface area contributed by atoms with Gasteiger partial charge in [-0.05, 0) is 66.8 Å². The van der Waals surface area contributed by atoms with Gasteiger partial charge in [0.2, 0.25) is 11.8 Å². The Labute approximate surface area is 224 Å². The predicted molar refractivity (Wildman–Crippen MR) is 142 cm³/mol. The Bertz CT molecular complexity index is 1130. The normalized spacial score (nSPS) is 23.4. The Morgan fingerprint density at radius 2 is 1.97 bits per heavy atom. The molecule has 1 saturated carbocycles. The monoisotopic (exact) mass is 525 g/mol. The number of halogens is 1. The fourth-order valence-corrected chi connectivity index (χ4v) is 5.63. The van der Waals surface area contributed by atoms with E-state index in [-0.39, 0.29) is 35.3 Å². The van der Waals surface area contributed by atoms with Gasteiger partial charge in [0, 0.05) is 37.2 Å². The second-order valence-corrected chi connectivity index (χ2v) is 12.4. The molecule has 1 aromatic heterocycles. The molecule has 1 amide bonds. The van der Waals surface area contributed by atoms with E-state index in [2.05, 4.69) is 37.5 Å². The molecule has 7 nitrogen and oxygen atoms in total. The molecule has 38 heavy (non-hydrogen) atoms. The van der Waals surface area contributed by atoms with E-state index in [1.165, 1.54) is 17.7 Å². The van der Waals surface area contributed by atoms with E-state index in [4.69, 9.17) is 14.5 Å². The van der Waals surface area contributed by atoms with Crippen LogP contribution in [0.2, 0.25) is 0 Å². The quantitative estimate of drug-likeness (QED) is 0.458. The van der Waals surface area contributed by atoms with Gasteiger partial charge >= 0.3 is 0 Å². The number of aliphatic hydroxyl groups is 1. The van der Waals surface area contributed by atoms with Gasteiger partial charge in [-0.1, -0.05) is 32.9 Å². The van der Waals surface area contributed by atoms with Gasteiger partial charge in [0.25, 0.3) is 0 Å². The number of pyridine rings is 1. The first-order valence-corrected chi connectivity index (χ1v) is 13.8. The SMILES string of the molecule is CC(C)(C)Cc1cnc2c(c1)[C@@H](NC[C@@H](O)[C@H](Cc1ccc(F)cc1)NC(=O)C1CCO1)CC1(CCC1)O2. The van der Waals surface area contributed by atoms with Crippen molar-refractivity contribution >= 4 is 5.91 Å². The molecular weight excluding hydrogens is 485 g/mol. The highest BCUT2D eigenvalue weighted by molar-refractivity contribution is 5.81. The topological polar surface area (TPSA) is 92.7 Å². The van der Waals surface area contributed by atoms with Gasteiger partial charge in [-0.3, -0.25) is 4.79 Å². The molecule has 0 radical (unpaired) electrons. The van der Waals surface area contributed by atoms with Crippen LogP contribution in [0.1, 0.15) is 75.6 Å². The van der Waals surface area contributed by atoms with Crippen LogP contribution in [0.4, 0.5) is 4.39 Å². The number of ether oxygens (including phenoxy) is 2. The molecule has 3 N–H and O–H groups in total. The van der Waals surface area contributed by atoms with E-state index in [1.807, 2.05) is 6.20 Å². The third-order valence-electron chi connectivity index (χ3n) is 7.93. The Morgan fingerprint density at radius 1 is 1.24 bits per heavy atom. The molecule has 1 saturated heterocycles. The van der Waals surface area contributed by atoms with Gasteiger partial charge in [0.15, 0.2) is 0 Å². The number of hydrogen-bond acceptors (Lipinski definition) is 6. The van der Waals surface area contributed by atoms with Crippen molar-refractivity contribution in [2.24, 2.45) is 5.41 Å². The number of aliphatic hydroxyl groups excluding tert-OH is 1. The van der Waals surface area contributed by atoms with Crippen LogP contribution in [0.5, 0.6) is 5.88 Å². The fraction of sp³-hybridized carbons (Fsp3) is 0.600. The van der Waals surface area contributed by atoms with Gasteiger partial charge in [0.1, 0.15) is 17.5 Å². The van der Waals surface area contributed by atoms with E-state index in [0.29, 0.717) is 25.3 Å². The number of benzene rings is 1. The summed E-state index contributed by atoms with van der Waals surface area (Å²) in [7, 11) is 0. The lowest BCUT2D eigenvalue weighted by atomic mass is 9.73. The summed E-state index contributed by atoms with van der Waals surface area (Å²) < 4.78 is 25.2. The highest BCUT2D eigenvalue weighted by Crippen LogP contribution is 2.48. The molecule has 4 atom stereocenters. The van der Waals surface area contributed by atoms with Crippen molar-refractivity contribution in [2.75, 3.05) is 13.2 Å². The first kappa shape index (κ1) is 27.0. The molecule has 1 aromatic carbocycles. The summed E-state index contributed by atoms with van der Waals surface area (Å²) in [6, 6.07) is 7.79. The summed E-state index contributed by atoms with van der Waals surface area (Å²) in [5, 5.41) is 17.9. The number of amides is 1. The van der Waals surface area contributed by atoms with Crippen molar-refractivity contribution in [3.8, 4) is 5.88 Å². The number of nitrogens with zero attached hydrogens (tertiary/aromatic N) is 1. The van der Waals surface area contributed by atoms with E-state index < -0.39 is 18.2 Å². The van der Waals surface area contributed by atoms with Gasteiger partial charge in [-0.25, -0.2) is 9.37 Å². The first-order chi connectivity index (χ1) is 18.1. The number of rotatable bonds is 9. The van der Waals surface area contributed by atoms with Crippen LogP contribution >= 0.6 is 0 Å². The van der Waals surface area contributed by atoms with Gasteiger partial charge in [-0.2, -0.15) is 0 Å². The van der Waals surface area contributed by atoms with E-state index in [9.17, 15) is 14.3 Å². The summed E-state index contributed by atoms with van der Waals surface area (Å²) in [4.78, 5) is 17.4. The van der Waals surface area contributed by atoms with E-state index >= 15 is 0 Å². The number of carbonyl (C=O) groups excluding carboxylic acids is 1. The molecule has 0 bridgehead atoms. The number of fused-ring (bicyclic) bond motifs is 1. The van der Waals surface area contributed by atoms with Crippen molar-refractivity contribution in [3.05, 3.63) is 59.0 Å². The van der Waals surface area contributed by atoms with Crippen molar-refractivity contribution < 1.29 is 23.8 Å². The zero-order chi connectivity index (χ0) is 26.9.